The number of H-pyrrole nitrogens is 1. The van der Waals surface area contributed by atoms with Gasteiger partial charge in [-0.05, 0) is 38.0 Å². The Morgan fingerprint density at radius 3 is 2.68 bits per heavy atom. The quantitative estimate of drug-likeness (QED) is 0.801. The SMILES string of the molecule is O=C(N1CC[C@H](c2ncn[nH]2)C1)N1CC2(CC[C@@H](Cc3cnc(C(F)(F)F)cn3)C2)C1. The Balaban J connectivity index is 1.11. The zero-order chi connectivity index (χ0) is 21.6. The van der Waals surface area contributed by atoms with Crippen LogP contribution in [0.2, 0.25) is 0 Å². The smallest absolute Gasteiger partial charge is 0.324 e. The Bertz CT molecular complexity index is 925. The van der Waals surface area contributed by atoms with Gasteiger partial charge in [0.05, 0.1) is 11.9 Å². The molecule has 166 valence electrons. The van der Waals surface area contributed by atoms with Crippen molar-refractivity contribution in [2.24, 2.45) is 11.3 Å². The Morgan fingerprint density at radius 1 is 1.16 bits per heavy atom. The van der Waals surface area contributed by atoms with Crippen LogP contribution in [0.15, 0.2) is 18.7 Å². The maximum atomic E-state index is 12.9. The first kappa shape index (κ1) is 20.2. The molecule has 2 saturated heterocycles. The van der Waals surface area contributed by atoms with Crippen LogP contribution < -0.4 is 0 Å². The molecular formula is C20H24F3N7O. The number of nitrogens with zero attached hydrogens (tertiary/aromatic N) is 6. The number of rotatable bonds is 3. The molecule has 3 fully saturated rings. The summed E-state index contributed by atoms with van der Waals surface area (Å²) in [5.74, 6) is 1.41. The fraction of sp³-hybridized carbons (Fsp3) is 0.650. The molecule has 2 aromatic rings. The van der Waals surface area contributed by atoms with E-state index in [1.807, 2.05) is 9.80 Å². The van der Waals surface area contributed by atoms with Crippen molar-refractivity contribution in [2.45, 2.75) is 44.2 Å². The second-order valence-electron chi connectivity index (χ2n) is 9.14. The maximum Gasteiger partial charge on any atom is 0.434 e. The van der Waals surface area contributed by atoms with Gasteiger partial charge >= 0.3 is 12.2 Å². The summed E-state index contributed by atoms with van der Waals surface area (Å²) >= 11 is 0. The molecule has 4 heterocycles. The highest BCUT2D eigenvalue weighted by Gasteiger charge is 2.50. The van der Waals surface area contributed by atoms with Crippen molar-refractivity contribution in [2.75, 3.05) is 26.2 Å². The van der Waals surface area contributed by atoms with E-state index in [-0.39, 0.29) is 17.4 Å². The van der Waals surface area contributed by atoms with Crippen LogP contribution in [0.1, 0.15) is 48.8 Å². The van der Waals surface area contributed by atoms with Crippen LogP contribution in [0.25, 0.3) is 0 Å². The van der Waals surface area contributed by atoms with Crippen LogP contribution in [0, 0.1) is 11.3 Å². The van der Waals surface area contributed by atoms with Crippen LogP contribution in [-0.2, 0) is 12.6 Å². The largest absolute Gasteiger partial charge is 0.434 e. The Morgan fingerprint density at radius 2 is 2.00 bits per heavy atom. The zero-order valence-corrected chi connectivity index (χ0v) is 17.0. The molecule has 3 aliphatic rings. The van der Waals surface area contributed by atoms with Gasteiger partial charge in [-0.1, -0.05) is 0 Å². The number of halogens is 3. The van der Waals surface area contributed by atoms with Crippen molar-refractivity contribution >= 4 is 6.03 Å². The first-order valence-electron chi connectivity index (χ1n) is 10.6. The lowest BCUT2D eigenvalue weighted by atomic mass is 9.77. The number of amides is 2. The molecule has 11 heteroatoms. The molecule has 31 heavy (non-hydrogen) atoms. The minimum atomic E-state index is -4.46. The number of carbonyl (C=O) groups is 1. The second kappa shape index (κ2) is 7.45. The van der Waals surface area contributed by atoms with Crippen LogP contribution in [-0.4, -0.2) is 67.2 Å². The number of carbonyl (C=O) groups excluding carboxylic acids is 1. The summed E-state index contributed by atoms with van der Waals surface area (Å²) in [6.07, 6.45) is 3.61. The third-order valence-corrected chi connectivity index (χ3v) is 6.90. The number of alkyl halides is 3. The normalized spacial score (nSPS) is 25.3. The third kappa shape index (κ3) is 3.97. The number of aromatic nitrogens is 5. The predicted octanol–water partition coefficient (Wildman–Crippen LogP) is 2.87. The minimum Gasteiger partial charge on any atom is -0.324 e. The molecule has 0 unspecified atom stereocenters. The molecule has 5 rings (SSSR count). The van der Waals surface area contributed by atoms with Crippen molar-refractivity contribution in [3.05, 3.63) is 35.9 Å². The van der Waals surface area contributed by atoms with Gasteiger partial charge in [0.15, 0.2) is 5.69 Å². The van der Waals surface area contributed by atoms with Gasteiger partial charge < -0.3 is 9.80 Å². The number of urea groups is 1. The van der Waals surface area contributed by atoms with Crippen molar-refractivity contribution in [3.63, 3.8) is 0 Å². The molecule has 1 spiro atoms. The fourth-order valence-electron chi connectivity index (χ4n) is 5.36. The lowest BCUT2D eigenvalue weighted by Gasteiger charge is -2.49. The molecule has 1 saturated carbocycles. The molecule has 2 aliphatic heterocycles. The molecule has 0 bridgehead atoms. The highest BCUT2D eigenvalue weighted by molar-refractivity contribution is 5.76. The molecule has 2 aromatic heterocycles. The summed E-state index contributed by atoms with van der Waals surface area (Å²) in [6, 6.07) is 0.0877. The average Bonchev–Trinajstić information content (AvgIpc) is 3.45. The van der Waals surface area contributed by atoms with Gasteiger partial charge in [-0.2, -0.15) is 18.3 Å². The number of nitrogens with one attached hydrogen (secondary N) is 1. The van der Waals surface area contributed by atoms with Gasteiger partial charge in [-0.25, -0.2) is 14.8 Å². The van der Waals surface area contributed by atoms with Gasteiger partial charge in [0.25, 0.3) is 0 Å². The summed E-state index contributed by atoms with van der Waals surface area (Å²) < 4.78 is 37.9. The topological polar surface area (TPSA) is 90.9 Å². The van der Waals surface area contributed by atoms with E-state index in [0.717, 1.165) is 57.3 Å². The van der Waals surface area contributed by atoms with E-state index in [2.05, 4.69) is 25.1 Å². The van der Waals surface area contributed by atoms with Gasteiger partial charge in [-0.15, -0.1) is 0 Å². The molecule has 0 aromatic carbocycles. The van der Waals surface area contributed by atoms with Crippen molar-refractivity contribution < 1.29 is 18.0 Å². The van der Waals surface area contributed by atoms with E-state index < -0.39 is 11.9 Å². The van der Waals surface area contributed by atoms with E-state index in [9.17, 15) is 18.0 Å². The molecule has 0 radical (unpaired) electrons. The summed E-state index contributed by atoms with van der Waals surface area (Å²) in [5.41, 5.74) is -0.221. The predicted molar refractivity (Wildman–Crippen MR) is 103 cm³/mol. The van der Waals surface area contributed by atoms with Crippen molar-refractivity contribution in [1.29, 1.82) is 0 Å². The first-order valence-corrected chi connectivity index (χ1v) is 10.6. The highest BCUT2D eigenvalue weighted by Crippen LogP contribution is 2.49. The van der Waals surface area contributed by atoms with Gasteiger partial charge in [-0.3, -0.25) is 10.1 Å². The average molecular weight is 435 g/mol. The van der Waals surface area contributed by atoms with Crippen molar-refractivity contribution in [3.8, 4) is 0 Å². The van der Waals surface area contributed by atoms with Crippen LogP contribution in [0.3, 0.4) is 0 Å². The molecule has 1 N–H and O–H groups in total. The molecule has 2 amide bonds. The summed E-state index contributed by atoms with van der Waals surface area (Å²) in [5, 5.41) is 6.78. The fourth-order valence-corrected chi connectivity index (χ4v) is 5.36. The summed E-state index contributed by atoms with van der Waals surface area (Å²) in [7, 11) is 0. The zero-order valence-electron chi connectivity index (χ0n) is 17.0. The standard InChI is InChI=1S/C20H24F3N7O/c21-20(22,23)16-8-24-15(7-25-16)5-13-1-3-19(6-13)10-30(11-19)18(31)29-4-2-14(9-29)17-26-12-27-28-17/h7-8,12-14H,1-6,9-11H2,(H,26,27,28)/t13-,14-/m0/s1. The number of hydrogen-bond donors (Lipinski definition) is 1. The Kier molecular flexibility index (Phi) is 4.86. The lowest BCUT2D eigenvalue weighted by Crippen LogP contribution is -2.60. The van der Waals surface area contributed by atoms with Crippen molar-refractivity contribution in [1.82, 2.24) is 34.9 Å². The summed E-state index contributed by atoms with van der Waals surface area (Å²) in [4.78, 5) is 28.3. The number of aromatic amines is 1. The highest BCUT2D eigenvalue weighted by atomic mass is 19.4. The van der Waals surface area contributed by atoms with E-state index >= 15 is 0 Å². The molecule has 8 nitrogen and oxygen atoms in total. The first-order chi connectivity index (χ1) is 14.8. The van der Waals surface area contributed by atoms with Gasteiger partial charge in [0.2, 0.25) is 0 Å². The summed E-state index contributed by atoms with van der Waals surface area (Å²) in [6.45, 7) is 2.89. The van der Waals surface area contributed by atoms with Gasteiger partial charge in [0.1, 0.15) is 12.2 Å². The van der Waals surface area contributed by atoms with Crippen LogP contribution in [0.4, 0.5) is 18.0 Å². The second-order valence-corrected chi connectivity index (χ2v) is 9.14. The molecule has 2 atom stereocenters. The number of hydrogen-bond acceptors (Lipinski definition) is 5. The Hall–Kier alpha value is -2.72. The Labute approximate surface area is 177 Å². The van der Waals surface area contributed by atoms with Crippen LogP contribution in [0.5, 0.6) is 0 Å². The van der Waals surface area contributed by atoms with E-state index in [1.54, 1.807) is 0 Å². The minimum absolute atomic E-state index is 0.0877. The van der Waals surface area contributed by atoms with Crippen LogP contribution >= 0.6 is 0 Å². The maximum absolute atomic E-state index is 12.9. The van der Waals surface area contributed by atoms with Gasteiger partial charge in [0, 0.05) is 43.7 Å². The molecule has 1 aliphatic carbocycles. The van der Waals surface area contributed by atoms with E-state index in [1.165, 1.54) is 12.5 Å². The molecular weight excluding hydrogens is 411 g/mol. The van der Waals surface area contributed by atoms with E-state index in [0.29, 0.717) is 24.6 Å². The third-order valence-electron chi connectivity index (χ3n) is 6.90. The van der Waals surface area contributed by atoms with E-state index in [4.69, 9.17) is 0 Å². The monoisotopic (exact) mass is 435 g/mol. The lowest BCUT2D eigenvalue weighted by molar-refractivity contribution is -0.141. The number of likely N-dealkylation sites (tertiary alicyclic amines) is 2.